The highest BCUT2D eigenvalue weighted by atomic mass is 32.2. The molecule has 0 atom stereocenters. The van der Waals surface area contributed by atoms with Gasteiger partial charge in [0, 0.05) is 5.39 Å². The summed E-state index contributed by atoms with van der Waals surface area (Å²) in [6, 6.07) is 22.3. The maximum Gasteiger partial charge on any atom is 0.339 e. The zero-order valence-corrected chi connectivity index (χ0v) is 21.7. The molecule has 1 heterocycles. The van der Waals surface area contributed by atoms with Crippen LogP contribution in [-0.2, 0) is 14.9 Å². The maximum absolute atomic E-state index is 13.7. The summed E-state index contributed by atoms with van der Waals surface area (Å²) in [7, 11) is -2.78. The van der Waals surface area contributed by atoms with E-state index in [9.17, 15) is 17.6 Å². The van der Waals surface area contributed by atoms with Crippen molar-refractivity contribution in [2.24, 2.45) is 0 Å². The molecule has 1 aliphatic heterocycles. The number of methoxy groups -OCH3 is 1. The van der Waals surface area contributed by atoms with E-state index >= 15 is 0 Å². The first-order valence-corrected chi connectivity index (χ1v) is 13.5. The van der Waals surface area contributed by atoms with Crippen molar-refractivity contribution >= 4 is 66.9 Å². The molecular weight excluding hydrogens is 533 g/mol. The van der Waals surface area contributed by atoms with Gasteiger partial charge < -0.3 is 8.92 Å². The second-order valence-corrected chi connectivity index (χ2v) is 11.1. The van der Waals surface area contributed by atoms with Crippen molar-refractivity contribution in [1.82, 2.24) is 0 Å². The molecular formula is C27H18FNO5S3. The number of rotatable bonds is 6. The summed E-state index contributed by atoms with van der Waals surface area (Å²) in [4.78, 5) is 14.6. The van der Waals surface area contributed by atoms with Crippen LogP contribution in [0, 0.1) is 5.82 Å². The van der Waals surface area contributed by atoms with E-state index < -0.39 is 21.8 Å². The molecule has 1 aliphatic rings. The van der Waals surface area contributed by atoms with E-state index in [-0.39, 0.29) is 20.7 Å². The van der Waals surface area contributed by atoms with Crippen molar-refractivity contribution in [2.75, 3.05) is 12.0 Å². The molecule has 186 valence electrons. The molecule has 37 heavy (non-hydrogen) atoms. The minimum Gasteiger partial charge on any atom is -0.493 e. The Labute approximate surface area is 222 Å². The molecule has 0 aliphatic carbocycles. The Morgan fingerprint density at radius 1 is 0.946 bits per heavy atom. The van der Waals surface area contributed by atoms with Gasteiger partial charge in [-0.3, -0.25) is 9.69 Å². The normalized spacial score (nSPS) is 15.0. The number of anilines is 1. The number of hydrogen-bond acceptors (Lipinski definition) is 7. The molecule has 1 saturated heterocycles. The number of thioether (sulfide) groups is 1. The summed E-state index contributed by atoms with van der Waals surface area (Å²) < 4.78 is 51.1. The van der Waals surface area contributed by atoms with Crippen LogP contribution >= 0.6 is 24.0 Å². The SMILES string of the molecule is COc1cc(/C=C2/SC(=S)N(c3cccc(F)c3)C2=O)ccc1OS(=O)(=O)c1cccc2ccccc12. The van der Waals surface area contributed by atoms with Crippen molar-refractivity contribution in [1.29, 1.82) is 0 Å². The number of hydrogen-bond donors (Lipinski definition) is 0. The summed E-state index contributed by atoms with van der Waals surface area (Å²) >= 11 is 6.42. The van der Waals surface area contributed by atoms with Crippen LogP contribution in [0.25, 0.3) is 16.8 Å². The Kier molecular flexibility index (Phi) is 6.72. The molecule has 0 aromatic heterocycles. The van der Waals surface area contributed by atoms with Gasteiger partial charge in [0.25, 0.3) is 5.91 Å². The average molecular weight is 552 g/mol. The molecule has 4 aromatic carbocycles. The van der Waals surface area contributed by atoms with Gasteiger partial charge in [0.1, 0.15) is 10.7 Å². The largest absolute Gasteiger partial charge is 0.493 e. The van der Waals surface area contributed by atoms with Crippen LogP contribution in [0.2, 0.25) is 0 Å². The summed E-state index contributed by atoms with van der Waals surface area (Å²) in [6.07, 6.45) is 1.60. The second kappa shape index (κ2) is 9.97. The van der Waals surface area contributed by atoms with Crippen molar-refractivity contribution in [3.8, 4) is 11.5 Å². The van der Waals surface area contributed by atoms with Gasteiger partial charge in [-0.05, 0) is 53.4 Å². The number of fused-ring (bicyclic) bond motifs is 1. The van der Waals surface area contributed by atoms with E-state index in [1.807, 2.05) is 18.2 Å². The fourth-order valence-electron chi connectivity index (χ4n) is 3.88. The molecule has 1 amide bonds. The highest BCUT2D eigenvalue weighted by molar-refractivity contribution is 8.27. The molecule has 0 unspecified atom stereocenters. The summed E-state index contributed by atoms with van der Waals surface area (Å²) in [5.41, 5.74) is 0.900. The Bertz CT molecular complexity index is 1700. The van der Waals surface area contributed by atoms with Crippen LogP contribution in [0.3, 0.4) is 0 Å². The van der Waals surface area contributed by atoms with E-state index in [0.29, 0.717) is 21.5 Å². The van der Waals surface area contributed by atoms with Gasteiger partial charge in [0.05, 0.1) is 17.7 Å². The van der Waals surface area contributed by atoms with Gasteiger partial charge in [-0.2, -0.15) is 8.42 Å². The van der Waals surface area contributed by atoms with Crippen LogP contribution < -0.4 is 13.8 Å². The summed E-state index contributed by atoms with van der Waals surface area (Å²) in [5, 5.41) is 1.31. The zero-order chi connectivity index (χ0) is 26.2. The van der Waals surface area contributed by atoms with Gasteiger partial charge in [-0.15, -0.1) is 0 Å². The number of benzene rings is 4. The van der Waals surface area contributed by atoms with Crippen molar-refractivity contribution in [3.63, 3.8) is 0 Å². The minimum atomic E-state index is -4.17. The second-order valence-electron chi connectivity index (χ2n) is 7.92. The Hall–Kier alpha value is -3.73. The number of carbonyl (C=O) groups excluding carboxylic acids is 1. The average Bonchev–Trinajstić information content (AvgIpc) is 3.16. The van der Waals surface area contributed by atoms with Gasteiger partial charge >= 0.3 is 10.1 Å². The minimum absolute atomic E-state index is 0.0000983. The lowest BCUT2D eigenvalue weighted by atomic mass is 10.1. The highest BCUT2D eigenvalue weighted by Crippen LogP contribution is 2.38. The molecule has 0 N–H and O–H groups in total. The molecule has 0 bridgehead atoms. The van der Waals surface area contributed by atoms with Crippen LogP contribution in [0.1, 0.15) is 5.56 Å². The molecule has 0 spiro atoms. The number of nitrogens with zero attached hydrogens (tertiary/aromatic N) is 1. The number of halogens is 1. The van der Waals surface area contributed by atoms with Crippen LogP contribution in [0.15, 0.2) is 94.7 Å². The lowest BCUT2D eigenvalue weighted by Crippen LogP contribution is -2.27. The predicted octanol–water partition coefficient (Wildman–Crippen LogP) is 6.16. The first-order valence-electron chi connectivity index (χ1n) is 10.9. The quantitative estimate of drug-likeness (QED) is 0.161. The van der Waals surface area contributed by atoms with E-state index in [1.54, 1.807) is 42.5 Å². The monoisotopic (exact) mass is 551 g/mol. The number of ether oxygens (including phenoxy) is 1. The summed E-state index contributed by atoms with van der Waals surface area (Å²) in [6.45, 7) is 0. The standard InChI is InChI=1S/C27H18FNO5S3/c1-33-23-14-17(15-24-26(30)29(27(35)36-24)20-9-5-8-19(28)16-20)12-13-22(23)34-37(31,32)25-11-4-7-18-6-2-3-10-21(18)25/h2-16H,1H3/b24-15+. The van der Waals surface area contributed by atoms with E-state index in [4.69, 9.17) is 21.1 Å². The highest BCUT2D eigenvalue weighted by Gasteiger charge is 2.33. The fraction of sp³-hybridized carbons (Fsp3) is 0.0370. The third-order valence-electron chi connectivity index (χ3n) is 5.56. The zero-order valence-electron chi connectivity index (χ0n) is 19.3. The van der Waals surface area contributed by atoms with Crippen molar-refractivity contribution in [3.05, 3.63) is 101 Å². The molecule has 5 rings (SSSR count). The first-order chi connectivity index (χ1) is 17.8. The molecule has 10 heteroatoms. The smallest absolute Gasteiger partial charge is 0.339 e. The van der Waals surface area contributed by atoms with E-state index in [2.05, 4.69) is 0 Å². The van der Waals surface area contributed by atoms with E-state index in [0.717, 1.165) is 17.1 Å². The Morgan fingerprint density at radius 3 is 2.49 bits per heavy atom. The van der Waals surface area contributed by atoms with Crippen molar-refractivity contribution < 1.29 is 26.5 Å². The molecule has 4 aromatic rings. The molecule has 0 radical (unpaired) electrons. The number of amides is 1. The lowest BCUT2D eigenvalue weighted by Gasteiger charge is -2.14. The van der Waals surface area contributed by atoms with E-state index in [1.165, 1.54) is 42.3 Å². The van der Waals surface area contributed by atoms with Crippen LogP contribution in [0.5, 0.6) is 11.5 Å². The topological polar surface area (TPSA) is 72.9 Å². The van der Waals surface area contributed by atoms with Gasteiger partial charge in [0.15, 0.2) is 15.8 Å². The number of thiocarbonyl (C=S) groups is 1. The lowest BCUT2D eigenvalue weighted by molar-refractivity contribution is -0.113. The Morgan fingerprint density at radius 2 is 1.70 bits per heavy atom. The molecule has 1 fully saturated rings. The van der Waals surface area contributed by atoms with Gasteiger partial charge in [-0.1, -0.05) is 72.5 Å². The Balaban J connectivity index is 1.43. The van der Waals surface area contributed by atoms with Crippen LogP contribution in [0.4, 0.5) is 10.1 Å². The fourth-order valence-corrected chi connectivity index (χ4v) is 6.34. The summed E-state index contributed by atoms with van der Waals surface area (Å²) in [5.74, 6) is -0.703. The molecule has 6 nitrogen and oxygen atoms in total. The first kappa shape index (κ1) is 24.9. The maximum atomic E-state index is 13.7. The van der Waals surface area contributed by atoms with Gasteiger partial charge in [0.2, 0.25) is 0 Å². The predicted molar refractivity (Wildman–Crippen MR) is 147 cm³/mol. The van der Waals surface area contributed by atoms with Crippen molar-refractivity contribution in [2.45, 2.75) is 4.90 Å². The third-order valence-corrected chi connectivity index (χ3v) is 8.16. The third kappa shape index (κ3) is 4.95. The molecule has 0 saturated carbocycles. The van der Waals surface area contributed by atoms with Gasteiger partial charge in [-0.25, -0.2) is 4.39 Å². The number of carbonyl (C=O) groups is 1. The van der Waals surface area contributed by atoms with Crippen LogP contribution in [-0.4, -0.2) is 25.8 Å².